The fourth-order valence-electron chi connectivity index (χ4n) is 3.70. The lowest BCUT2D eigenvalue weighted by Crippen LogP contribution is -2.46. The zero-order valence-electron chi connectivity index (χ0n) is 16.4. The Labute approximate surface area is 169 Å². The van der Waals surface area contributed by atoms with E-state index >= 15 is 0 Å². The number of furan rings is 1. The first-order valence-electron chi connectivity index (χ1n) is 9.94. The predicted molar refractivity (Wildman–Crippen MR) is 110 cm³/mol. The second kappa shape index (κ2) is 8.09. The number of hydrogen-bond acceptors (Lipinski definition) is 5. The zero-order valence-corrected chi connectivity index (χ0v) is 17.3. The summed E-state index contributed by atoms with van der Waals surface area (Å²) >= 11 is 1.38. The number of likely N-dealkylation sites (tertiary alicyclic amines) is 1. The summed E-state index contributed by atoms with van der Waals surface area (Å²) in [5, 5.41) is 3.74. The fourth-order valence-corrected chi connectivity index (χ4v) is 4.73. The number of carbonyl (C=O) groups excluding carboxylic acids is 2. The van der Waals surface area contributed by atoms with Crippen molar-refractivity contribution in [1.29, 1.82) is 0 Å². The van der Waals surface area contributed by atoms with Gasteiger partial charge in [0.25, 0.3) is 5.91 Å². The van der Waals surface area contributed by atoms with Crippen LogP contribution in [0.4, 0.5) is 5.00 Å². The maximum absolute atomic E-state index is 13.5. The molecular formula is C21H27N3O3S. The molecule has 2 aromatic rings. The Morgan fingerprint density at radius 1 is 1.29 bits per heavy atom. The second-order valence-electron chi connectivity index (χ2n) is 7.93. The Hall–Kier alpha value is -2.12. The number of hydrogen-bond donors (Lipinski definition) is 1. The predicted octanol–water partition coefficient (Wildman–Crippen LogP) is 3.73. The molecule has 0 bridgehead atoms. The SMILES string of the molecule is Cc1cc(NC(=O)C2CC2)sc1C(=O)N(Cc1ccco1)C1CCN(C)CC1. The van der Waals surface area contributed by atoms with Gasteiger partial charge in [-0.25, -0.2) is 0 Å². The number of amides is 2. The number of nitrogens with one attached hydrogen (secondary N) is 1. The summed E-state index contributed by atoms with van der Waals surface area (Å²) in [4.78, 5) is 30.5. The van der Waals surface area contributed by atoms with E-state index in [1.54, 1.807) is 6.26 Å². The molecule has 4 rings (SSSR count). The first-order chi connectivity index (χ1) is 13.5. The topological polar surface area (TPSA) is 65.8 Å². The van der Waals surface area contributed by atoms with Gasteiger partial charge in [-0.2, -0.15) is 0 Å². The molecule has 1 aliphatic carbocycles. The molecule has 7 heteroatoms. The molecule has 2 amide bonds. The smallest absolute Gasteiger partial charge is 0.264 e. The minimum absolute atomic E-state index is 0.0281. The maximum Gasteiger partial charge on any atom is 0.264 e. The van der Waals surface area contributed by atoms with E-state index in [4.69, 9.17) is 4.42 Å². The zero-order chi connectivity index (χ0) is 19.7. The molecule has 0 radical (unpaired) electrons. The third-order valence-corrected chi connectivity index (χ3v) is 6.74. The minimum Gasteiger partial charge on any atom is -0.467 e. The van der Waals surface area contributed by atoms with Crippen molar-refractivity contribution in [3.8, 4) is 0 Å². The largest absolute Gasteiger partial charge is 0.467 e. The van der Waals surface area contributed by atoms with Crippen molar-refractivity contribution in [3.63, 3.8) is 0 Å². The van der Waals surface area contributed by atoms with Gasteiger partial charge in [0.2, 0.25) is 5.91 Å². The number of nitrogens with zero attached hydrogens (tertiary/aromatic N) is 2. The molecule has 1 saturated carbocycles. The van der Waals surface area contributed by atoms with Crippen LogP contribution >= 0.6 is 11.3 Å². The summed E-state index contributed by atoms with van der Waals surface area (Å²) in [5.41, 5.74) is 0.915. The summed E-state index contributed by atoms with van der Waals surface area (Å²) in [5.74, 6) is 1.04. The van der Waals surface area contributed by atoms with E-state index in [1.165, 1.54) is 11.3 Å². The molecule has 2 fully saturated rings. The number of piperidine rings is 1. The molecule has 0 aromatic carbocycles. The maximum atomic E-state index is 13.5. The van der Waals surface area contributed by atoms with Crippen molar-refractivity contribution in [2.24, 2.45) is 5.92 Å². The van der Waals surface area contributed by atoms with Crippen LogP contribution in [0, 0.1) is 12.8 Å². The van der Waals surface area contributed by atoms with Crippen LogP contribution in [0.1, 0.15) is 46.7 Å². The van der Waals surface area contributed by atoms with Crippen LogP contribution in [0.2, 0.25) is 0 Å². The minimum atomic E-state index is 0.0281. The van der Waals surface area contributed by atoms with Crippen LogP contribution in [0.5, 0.6) is 0 Å². The Morgan fingerprint density at radius 2 is 2.04 bits per heavy atom. The third-order valence-electron chi connectivity index (χ3n) is 5.60. The lowest BCUT2D eigenvalue weighted by molar-refractivity contribution is -0.117. The molecular weight excluding hydrogens is 374 g/mol. The Balaban J connectivity index is 1.54. The van der Waals surface area contributed by atoms with Crippen molar-refractivity contribution in [2.75, 3.05) is 25.5 Å². The summed E-state index contributed by atoms with van der Waals surface area (Å²) < 4.78 is 5.53. The van der Waals surface area contributed by atoms with Gasteiger partial charge in [0, 0.05) is 12.0 Å². The van der Waals surface area contributed by atoms with Crippen molar-refractivity contribution in [1.82, 2.24) is 9.80 Å². The number of anilines is 1. The molecule has 0 atom stereocenters. The highest BCUT2D eigenvalue weighted by Crippen LogP contribution is 2.34. The summed E-state index contributed by atoms with van der Waals surface area (Å²) in [7, 11) is 2.12. The van der Waals surface area contributed by atoms with Crippen molar-refractivity contribution in [2.45, 2.75) is 45.2 Å². The van der Waals surface area contributed by atoms with Crippen LogP contribution < -0.4 is 5.32 Å². The average Bonchev–Trinajstić information content (AvgIpc) is 3.29. The van der Waals surface area contributed by atoms with Crippen molar-refractivity contribution in [3.05, 3.63) is 40.7 Å². The number of carbonyl (C=O) groups is 2. The molecule has 2 aromatic heterocycles. The first kappa shape index (κ1) is 19.2. The number of rotatable bonds is 6. The fraction of sp³-hybridized carbons (Fsp3) is 0.524. The molecule has 1 N–H and O–H groups in total. The summed E-state index contributed by atoms with van der Waals surface area (Å²) in [6.07, 6.45) is 5.50. The highest BCUT2D eigenvalue weighted by atomic mass is 32.1. The van der Waals surface area contributed by atoms with E-state index in [-0.39, 0.29) is 23.8 Å². The molecule has 1 aliphatic heterocycles. The van der Waals surface area contributed by atoms with Gasteiger partial charge in [0.05, 0.1) is 22.7 Å². The molecule has 0 unspecified atom stereocenters. The van der Waals surface area contributed by atoms with Gasteiger partial charge in [0.15, 0.2) is 0 Å². The van der Waals surface area contributed by atoms with E-state index in [1.807, 2.05) is 30.0 Å². The Bertz CT molecular complexity index is 833. The molecule has 28 heavy (non-hydrogen) atoms. The van der Waals surface area contributed by atoms with Crippen molar-refractivity contribution < 1.29 is 14.0 Å². The number of thiophene rings is 1. The molecule has 6 nitrogen and oxygen atoms in total. The van der Waals surface area contributed by atoms with Gasteiger partial charge in [0.1, 0.15) is 5.76 Å². The average molecular weight is 402 g/mol. The van der Waals surface area contributed by atoms with Crippen LogP contribution in [0.3, 0.4) is 0 Å². The van der Waals surface area contributed by atoms with Gasteiger partial charge in [-0.05, 0) is 76.5 Å². The number of aryl methyl sites for hydroxylation is 1. The van der Waals surface area contributed by atoms with Gasteiger partial charge in [-0.3, -0.25) is 9.59 Å². The second-order valence-corrected chi connectivity index (χ2v) is 8.99. The van der Waals surface area contributed by atoms with Crippen molar-refractivity contribution >= 4 is 28.2 Å². The summed E-state index contributed by atoms with van der Waals surface area (Å²) in [6.45, 7) is 4.38. The van der Waals surface area contributed by atoms with Crippen LogP contribution in [-0.2, 0) is 11.3 Å². The Morgan fingerprint density at radius 3 is 2.68 bits per heavy atom. The normalized spacial score (nSPS) is 18.2. The molecule has 1 saturated heterocycles. The molecule has 0 spiro atoms. The van der Waals surface area contributed by atoms with Crippen LogP contribution in [0.25, 0.3) is 0 Å². The standard InChI is InChI=1S/C21H27N3O3S/c1-14-12-18(22-20(25)15-5-6-15)28-19(14)21(26)24(13-17-4-3-11-27-17)16-7-9-23(2)10-8-16/h3-4,11-12,15-16H,5-10,13H2,1-2H3,(H,22,25). The monoisotopic (exact) mass is 401 g/mol. The lowest BCUT2D eigenvalue weighted by Gasteiger charge is -2.37. The Kier molecular flexibility index (Phi) is 5.55. The lowest BCUT2D eigenvalue weighted by atomic mass is 10.0. The van der Waals surface area contributed by atoms with Gasteiger partial charge in [-0.1, -0.05) is 0 Å². The molecule has 3 heterocycles. The molecule has 150 valence electrons. The highest BCUT2D eigenvalue weighted by Gasteiger charge is 2.32. The van der Waals surface area contributed by atoms with E-state index < -0.39 is 0 Å². The van der Waals surface area contributed by atoms with E-state index in [0.29, 0.717) is 11.4 Å². The molecule has 2 aliphatic rings. The quantitative estimate of drug-likeness (QED) is 0.801. The first-order valence-corrected chi connectivity index (χ1v) is 10.8. The van der Waals surface area contributed by atoms with Crippen LogP contribution in [-0.4, -0.2) is 47.8 Å². The van der Waals surface area contributed by atoms with Gasteiger partial charge in [-0.15, -0.1) is 11.3 Å². The van der Waals surface area contributed by atoms with Gasteiger partial charge < -0.3 is 19.5 Å². The van der Waals surface area contributed by atoms with Gasteiger partial charge >= 0.3 is 0 Å². The summed E-state index contributed by atoms with van der Waals surface area (Å²) in [6, 6.07) is 5.88. The van der Waals surface area contributed by atoms with E-state index in [0.717, 1.165) is 55.1 Å². The highest BCUT2D eigenvalue weighted by molar-refractivity contribution is 7.18. The van der Waals surface area contributed by atoms with E-state index in [9.17, 15) is 9.59 Å². The van der Waals surface area contributed by atoms with E-state index in [2.05, 4.69) is 17.3 Å². The van der Waals surface area contributed by atoms with Crippen LogP contribution in [0.15, 0.2) is 28.9 Å². The third kappa shape index (κ3) is 4.31.